The molecule has 0 fully saturated rings. The second-order valence-corrected chi connectivity index (χ2v) is 23.5. The van der Waals surface area contributed by atoms with Crippen LogP contribution in [0.2, 0.25) is 0 Å². The summed E-state index contributed by atoms with van der Waals surface area (Å²) in [6.07, 6.45) is 22.6. The number of nitrogens with zero attached hydrogens (tertiary/aromatic N) is 2. The van der Waals surface area contributed by atoms with Crippen LogP contribution in [0.15, 0.2) is 292 Å². The molecule has 10 aromatic rings. The molecule has 2 nitrogen and oxygen atoms in total. The fourth-order valence-corrected chi connectivity index (χ4v) is 15.0. The summed E-state index contributed by atoms with van der Waals surface area (Å²) in [7, 11) is 0. The Kier molecular flexibility index (Phi) is 13.2. The molecule has 0 spiro atoms. The van der Waals surface area contributed by atoms with E-state index in [1.807, 2.05) is 12.2 Å². The first-order valence-corrected chi connectivity index (χ1v) is 29.7. The number of anilines is 6. The zero-order chi connectivity index (χ0) is 57.1. The highest BCUT2D eigenvalue weighted by Gasteiger charge is 2.55. The van der Waals surface area contributed by atoms with Crippen LogP contribution in [0.3, 0.4) is 0 Å². The summed E-state index contributed by atoms with van der Waals surface area (Å²) in [5, 5.41) is 0. The van der Waals surface area contributed by atoms with Gasteiger partial charge in [-0.2, -0.15) is 0 Å². The molecule has 0 amide bonds. The van der Waals surface area contributed by atoms with E-state index in [1.54, 1.807) is 0 Å². The molecule has 4 aliphatic rings. The summed E-state index contributed by atoms with van der Waals surface area (Å²) in [4.78, 5) is 4.85. The minimum Gasteiger partial charge on any atom is -0.310 e. The SMILES string of the molecule is C=Cc1ccc(C2(c3cc(C)ccc3C)c3cc(N(c4ccccc4)c4ccc(-c5ccc(N(c6ccccc6)c6ccc7c(c6)C(c6ccc(C=C)cc6)(c6cc(C)ccc6C)C6C=CC=CC76)cc5)cc4)ccc3C3C=CC=CC32)cc1. The van der Waals surface area contributed by atoms with Gasteiger partial charge < -0.3 is 9.80 Å². The first-order valence-electron chi connectivity index (χ1n) is 29.7. The molecular weight excluding hydrogens is 1010 g/mol. The van der Waals surface area contributed by atoms with Gasteiger partial charge in [-0.05, 0) is 178 Å². The molecule has 0 aliphatic heterocycles. The van der Waals surface area contributed by atoms with Gasteiger partial charge in [-0.1, -0.05) is 243 Å². The second kappa shape index (κ2) is 21.2. The van der Waals surface area contributed by atoms with Crippen molar-refractivity contribution in [3.05, 3.63) is 370 Å². The van der Waals surface area contributed by atoms with Crippen molar-refractivity contribution >= 4 is 46.3 Å². The van der Waals surface area contributed by atoms with E-state index in [2.05, 4.69) is 330 Å². The van der Waals surface area contributed by atoms with Gasteiger partial charge in [0.1, 0.15) is 0 Å². The number of hydrogen-bond donors (Lipinski definition) is 0. The van der Waals surface area contributed by atoms with Crippen molar-refractivity contribution in [3.8, 4) is 11.1 Å². The van der Waals surface area contributed by atoms with Crippen LogP contribution in [0.5, 0.6) is 0 Å². The van der Waals surface area contributed by atoms with Gasteiger partial charge in [0.05, 0.1) is 10.8 Å². The van der Waals surface area contributed by atoms with Crippen LogP contribution in [0.1, 0.15) is 89.7 Å². The Labute approximate surface area is 496 Å². The van der Waals surface area contributed by atoms with Crippen molar-refractivity contribution in [1.82, 2.24) is 0 Å². The first kappa shape index (κ1) is 52.3. The molecule has 0 aromatic heterocycles. The number of para-hydroxylation sites is 2. The van der Waals surface area contributed by atoms with Crippen molar-refractivity contribution in [3.63, 3.8) is 0 Å². The average molecular weight is 1080 g/mol. The predicted molar refractivity (Wildman–Crippen MR) is 355 cm³/mol. The van der Waals surface area contributed by atoms with Crippen LogP contribution >= 0.6 is 0 Å². The van der Waals surface area contributed by atoms with E-state index in [-0.39, 0.29) is 23.7 Å². The van der Waals surface area contributed by atoms with Gasteiger partial charge in [-0.15, -0.1) is 0 Å². The molecule has 0 radical (unpaired) electrons. The van der Waals surface area contributed by atoms with Gasteiger partial charge in [0.2, 0.25) is 0 Å². The summed E-state index contributed by atoms with van der Waals surface area (Å²) in [6, 6.07) is 86.8. The minimum absolute atomic E-state index is 0.186. The lowest BCUT2D eigenvalue weighted by molar-refractivity contribution is 0.454. The number of benzene rings is 10. The molecule has 14 rings (SSSR count). The fraction of sp³-hybridized carbons (Fsp3) is 0.122. The molecule has 0 N–H and O–H groups in total. The standard InChI is InChI=1S/C82H68N2/c1-7-59-31-39-63(40-32-59)81(77-51-55(3)27-29-57(77)5)75-25-17-15-23-71(75)73-49-47-69(53-79(73)81)83(65-19-11-9-12-20-65)67-43-35-61(36-44-67)62-37-45-68(46-38-62)84(66-21-13-10-14-22-66)70-48-50-74-72-24-16-18-26-76(72)82(80(74)54-70,64-41-33-60(8-2)34-42-64)78-52-56(4)28-30-58(78)6/h7-54,71-72,75-76H,1-2H2,3-6H3. The maximum atomic E-state index is 4.11. The van der Waals surface area contributed by atoms with Gasteiger partial charge in [0.25, 0.3) is 0 Å². The minimum atomic E-state index is -0.445. The maximum absolute atomic E-state index is 4.11. The summed E-state index contributed by atoms with van der Waals surface area (Å²) < 4.78 is 0. The molecule has 84 heavy (non-hydrogen) atoms. The predicted octanol–water partition coefficient (Wildman–Crippen LogP) is 21.2. The van der Waals surface area contributed by atoms with Gasteiger partial charge in [0, 0.05) is 57.8 Å². The lowest BCUT2D eigenvalue weighted by Gasteiger charge is -2.40. The number of hydrogen-bond acceptors (Lipinski definition) is 2. The van der Waals surface area contributed by atoms with Gasteiger partial charge in [0.15, 0.2) is 0 Å². The second-order valence-electron chi connectivity index (χ2n) is 23.5. The lowest BCUT2D eigenvalue weighted by atomic mass is 9.62. The van der Waals surface area contributed by atoms with Crippen LogP contribution in [0.25, 0.3) is 23.3 Å². The van der Waals surface area contributed by atoms with E-state index in [4.69, 9.17) is 0 Å². The Bertz CT molecular complexity index is 3990. The quantitative estimate of drug-likeness (QED) is 0.114. The van der Waals surface area contributed by atoms with E-state index < -0.39 is 10.8 Å². The van der Waals surface area contributed by atoms with E-state index in [0.717, 1.165) is 56.4 Å². The van der Waals surface area contributed by atoms with Gasteiger partial charge >= 0.3 is 0 Å². The Morgan fingerprint density at radius 3 is 1.07 bits per heavy atom. The molecule has 0 saturated heterocycles. The smallest absolute Gasteiger partial charge is 0.0529 e. The third-order valence-electron chi connectivity index (χ3n) is 18.9. The highest BCUT2D eigenvalue weighted by atomic mass is 15.1. The molecular formula is C82H68N2. The Hall–Kier alpha value is -9.76. The van der Waals surface area contributed by atoms with E-state index in [0.29, 0.717) is 0 Å². The van der Waals surface area contributed by atoms with Crippen molar-refractivity contribution in [2.24, 2.45) is 11.8 Å². The summed E-state index contributed by atoms with van der Waals surface area (Å²) in [6.45, 7) is 17.3. The monoisotopic (exact) mass is 1080 g/mol. The third-order valence-corrected chi connectivity index (χ3v) is 18.9. The molecule has 406 valence electrons. The van der Waals surface area contributed by atoms with E-state index in [9.17, 15) is 0 Å². The van der Waals surface area contributed by atoms with Crippen LogP contribution in [-0.4, -0.2) is 0 Å². The van der Waals surface area contributed by atoms with Gasteiger partial charge in [-0.3, -0.25) is 0 Å². The number of rotatable bonds is 13. The van der Waals surface area contributed by atoms with Crippen LogP contribution in [0, 0.1) is 39.5 Å². The van der Waals surface area contributed by atoms with E-state index >= 15 is 0 Å². The fourth-order valence-electron chi connectivity index (χ4n) is 15.0. The van der Waals surface area contributed by atoms with Crippen LogP contribution in [0.4, 0.5) is 34.1 Å². The van der Waals surface area contributed by atoms with Crippen molar-refractivity contribution in [1.29, 1.82) is 0 Å². The lowest BCUT2D eigenvalue weighted by Crippen LogP contribution is -2.36. The summed E-state index contributed by atoms with van der Waals surface area (Å²) in [5.74, 6) is 0.817. The molecule has 6 atom stereocenters. The zero-order valence-electron chi connectivity index (χ0n) is 48.3. The van der Waals surface area contributed by atoms with Crippen LogP contribution in [-0.2, 0) is 10.8 Å². The molecule has 0 saturated carbocycles. The molecule has 6 unspecified atom stereocenters. The van der Waals surface area contributed by atoms with Crippen molar-refractivity contribution < 1.29 is 0 Å². The normalized spacial score (nSPS) is 20.4. The molecule has 2 heteroatoms. The first-order chi connectivity index (χ1) is 41.2. The molecule has 0 heterocycles. The Morgan fingerprint density at radius 2 is 0.690 bits per heavy atom. The van der Waals surface area contributed by atoms with Crippen molar-refractivity contribution in [2.75, 3.05) is 9.80 Å². The number of fused-ring (bicyclic) bond motifs is 6. The molecule has 4 aliphatic carbocycles. The average Bonchev–Trinajstić information content (AvgIpc) is 2.49. The Morgan fingerprint density at radius 1 is 0.333 bits per heavy atom. The largest absolute Gasteiger partial charge is 0.310 e. The highest BCUT2D eigenvalue weighted by Crippen LogP contribution is 2.63. The highest BCUT2D eigenvalue weighted by molar-refractivity contribution is 5.83. The van der Waals surface area contributed by atoms with E-state index in [1.165, 1.54) is 66.8 Å². The number of allylic oxidation sites excluding steroid dienone is 8. The van der Waals surface area contributed by atoms with Gasteiger partial charge in [-0.25, -0.2) is 0 Å². The topological polar surface area (TPSA) is 6.48 Å². The number of aryl methyl sites for hydroxylation is 4. The molecule has 0 bridgehead atoms. The summed E-state index contributed by atoms with van der Waals surface area (Å²) in [5.41, 5.74) is 26.1. The molecule has 10 aromatic carbocycles. The third kappa shape index (κ3) is 8.45. The summed E-state index contributed by atoms with van der Waals surface area (Å²) >= 11 is 0. The van der Waals surface area contributed by atoms with Crippen LogP contribution < -0.4 is 9.80 Å². The zero-order valence-corrected chi connectivity index (χ0v) is 48.3. The van der Waals surface area contributed by atoms with Crippen molar-refractivity contribution in [2.45, 2.75) is 50.4 Å². The Balaban J connectivity index is 0.855. The maximum Gasteiger partial charge on any atom is 0.0529 e.